The van der Waals surface area contributed by atoms with Crippen LogP contribution >= 0.6 is 11.6 Å². The summed E-state index contributed by atoms with van der Waals surface area (Å²) in [5, 5.41) is 1.67. The number of carbonyl (C=O) groups excluding carboxylic acids is 2. The lowest BCUT2D eigenvalue weighted by molar-refractivity contribution is -0.176. The standard InChI is InChI=1S/C12H19ClF3NO3/c1-2-8-20-10(18)9(6-4-3-5-7-13)17-11(19)12(14,15)16/h9H,2-8H2,1H3,(H,17,19)/t9-/m0/s1. The summed E-state index contributed by atoms with van der Waals surface area (Å²) < 4.78 is 41.3. The lowest BCUT2D eigenvalue weighted by Gasteiger charge is -2.18. The zero-order chi connectivity index (χ0) is 15.6. The largest absolute Gasteiger partial charge is 0.471 e. The first-order valence-corrected chi connectivity index (χ1v) is 6.96. The third-order valence-corrected chi connectivity index (χ3v) is 2.69. The van der Waals surface area contributed by atoms with E-state index in [0.29, 0.717) is 31.6 Å². The number of alkyl halides is 4. The highest BCUT2D eigenvalue weighted by Gasteiger charge is 2.40. The molecule has 0 aliphatic carbocycles. The van der Waals surface area contributed by atoms with Gasteiger partial charge in [-0.1, -0.05) is 19.8 Å². The van der Waals surface area contributed by atoms with E-state index < -0.39 is 24.1 Å². The van der Waals surface area contributed by atoms with Crippen LogP contribution in [0.1, 0.15) is 39.0 Å². The highest BCUT2D eigenvalue weighted by molar-refractivity contribution is 6.17. The molecule has 20 heavy (non-hydrogen) atoms. The number of unbranched alkanes of at least 4 members (excludes halogenated alkanes) is 2. The predicted molar refractivity (Wildman–Crippen MR) is 68.4 cm³/mol. The van der Waals surface area contributed by atoms with Gasteiger partial charge in [0.15, 0.2) is 0 Å². The molecule has 0 rings (SSSR count). The fraction of sp³-hybridized carbons (Fsp3) is 0.833. The number of esters is 1. The number of hydrogen-bond donors (Lipinski definition) is 1. The van der Waals surface area contributed by atoms with Crippen LogP contribution in [-0.2, 0) is 14.3 Å². The van der Waals surface area contributed by atoms with E-state index >= 15 is 0 Å². The van der Waals surface area contributed by atoms with Gasteiger partial charge in [-0.2, -0.15) is 13.2 Å². The first-order valence-electron chi connectivity index (χ1n) is 6.43. The molecule has 0 heterocycles. The molecule has 0 unspecified atom stereocenters. The van der Waals surface area contributed by atoms with E-state index in [0.717, 1.165) is 0 Å². The fourth-order valence-corrected chi connectivity index (χ4v) is 1.60. The zero-order valence-electron chi connectivity index (χ0n) is 11.3. The van der Waals surface area contributed by atoms with Gasteiger partial charge in [0.25, 0.3) is 0 Å². The Morgan fingerprint density at radius 3 is 2.40 bits per heavy atom. The zero-order valence-corrected chi connectivity index (χ0v) is 12.0. The van der Waals surface area contributed by atoms with E-state index in [9.17, 15) is 22.8 Å². The van der Waals surface area contributed by atoms with Gasteiger partial charge < -0.3 is 10.1 Å². The molecule has 1 atom stereocenters. The molecule has 0 aromatic heterocycles. The highest BCUT2D eigenvalue weighted by Crippen LogP contribution is 2.16. The summed E-state index contributed by atoms with van der Waals surface area (Å²) in [7, 11) is 0. The molecule has 0 radical (unpaired) electrons. The van der Waals surface area contributed by atoms with Crippen LogP contribution in [0.15, 0.2) is 0 Å². The number of amides is 1. The first kappa shape index (κ1) is 19.0. The molecular weight excluding hydrogens is 299 g/mol. The fourth-order valence-electron chi connectivity index (χ4n) is 1.41. The van der Waals surface area contributed by atoms with E-state index in [1.54, 1.807) is 12.2 Å². The van der Waals surface area contributed by atoms with Crippen LogP contribution in [0.2, 0.25) is 0 Å². The van der Waals surface area contributed by atoms with Crippen molar-refractivity contribution < 1.29 is 27.5 Å². The molecular formula is C12H19ClF3NO3. The second-order valence-corrected chi connectivity index (χ2v) is 4.61. The van der Waals surface area contributed by atoms with Crippen molar-refractivity contribution in [1.29, 1.82) is 0 Å². The first-order chi connectivity index (χ1) is 9.32. The summed E-state index contributed by atoms with van der Waals surface area (Å²) >= 11 is 5.48. The summed E-state index contributed by atoms with van der Waals surface area (Å²) in [6.45, 7) is 1.87. The van der Waals surface area contributed by atoms with Crippen LogP contribution in [-0.4, -0.2) is 36.6 Å². The van der Waals surface area contributed by atoms with Crippen LogP contribution in [0.4, 0.5) is 13.2 Å². The minimum atomic E-state index is -5.01. The third-order valence-electron chi connectivity index (χ3n) is 2.42. The molecule has 8 heteroatoms. The maximum Gasteiger partial charge on any atom is 0.471 e. The Morgan fingerprint density at radius 1 is 1.25 bits per heavy atom. The van der Waals surface area contributed by atoms with Gasteiger partial charge in [-0.25, -0.2) is 4.79 Å². The van der Waals surface area contributed by atoms with Crippen molar-refractivity contribution in [2.75, 3.05) is 12.5 Å². The Labute approximate surface area is 121 Å². The number of nitrogens with one attached hydrogen (secondary N) is 1. The molecule has 1 N–H and O–H groups in total. The Balaban J connectivity index is 4.45. The van der Waals surface area contributed by atoms with Gasteiger partial charge in [0.1, 0.15) is 6.04 Å². The highest BCUT2D eigenvalue weighted by atomic mass is 35.5. The maximum atomic E-state index is 12.2. The molecule has 0 aromatic rings. The number of halogens is 4. The average molecular weight is 318 g/mol. The lowest BCUT2D eigenvalue weighted by Crippen LogP contribution is -2.47. The van der Waals surface area contributed by atoms with Gasteiger partial charge in [0.2, 0.25) is 0 Å². The smallest absolute Gasteiger partial charge is 0.464 e. The molecule has 0 fully saturated rings. The Bertz CT molecular complexity index is 311. The molecule has 0 aliphatic heterocycles. The van der Waals surface area contributed by atoms with E-state index in [1.165, 1.54) is 0 Å². The van der Waals surface area contributed by atoms with Crippen molar-refractivity contribution in [3.8, 4) is 0 Å². The molecule has 4 nitrogen and oxygen atoms in total. The van der Waals surface area contributed by atoms with Crippen LogP contribution in [0.5, 0.6) is 0 Å². The molecule has 0 saturated heterocycles. The Hall–Kier alpha value is -0.980. The second-order valence-electron chi connectivity index (χ2n) is 4.23. The Kier molecular flexibility index (Phi) is 9.37. The number of carbonyl (C=O) groups is 2. The van der Waals surface area contributed by atoms with Gasteiger partial charge >= 0.3 is 18.1 Å². The van der Waals surface area contributed by atoms with Gasteiger partial charge in [-0.05, 0) is 19.3 Å². The average Bonchev–Trinajstić information content (AvgIpc) is 2.38. The van der Waals surface area contributed by atoms with Crippen LogP contribution in [0, 0.1) is 0 Å². The van der Waals surface area contributed by atoms with Crippen LogP contribution in [0.25, 0.3) is 0 Å². The molecule has 0 aromatic carbocycles. The van der Waals surface area contributed by atoms with Crippen molar-refractivity contribution in [1.82, 2.24) is 5.32 Å². The van der Waals surface area contributed by atoms with E-state index in [4.69, 9.17) is 16.3 Å². The van der Waals surface area contributed by atoms with Gasteiger partial charge in [0.05, 0.1) is 6.61 Å². The van der Waals surface area contributed by atoms with Crippen molar-refractivity contribution in [2.24, 2.45) is 0 Å². The molecule has 118 valence electrons. The molecule has 0 saturated carbocycles. The number of ether oxygens (including phenoxy) is 1. The van der Waals surface area contributed by atoms with Crippen LogP contribution < -0.4 is 5.32 Å². The molecule has 0 aliphatic rings. The lowest BCUT2D eigenvalue weighted by atomic mass is 10.1. The van der Waals surface area contributed by atoms with Crippen molar-refractivity contribution in [3.63, 3.8) is 0 Å². The van der Waals surface area contributed by atoms with Gasteiger partial charge in [-0.3, -0.25) is 4.79 Å². The minimum absolute atomic E-state index is 0.0985. The quantitative estimate of drug-likeness (QED) is 0.404. The Morgan fingerprint density at radius 2 is 1.90 bits per heavy atom. The van der Waals surface area contributed by atoms with Crippen molar-refractivity contribution in [3.05, 3.63) is 0 Å². The minimum Gasteiger partial charge on any atom is -0.464 e. The summed E-state index contributed by atoms with van der Waals surface area (Å²) in [5.74, 6) is -2.52. The van der Waals surface area contributed by atoms with E-state index in [-0.39, 0.29) is 13.0 Å². The van der Waals surface area contributed by atoms with E-state index in [1.807, 2.05) is 0 Å². The van der Waals surface area contributed by atoms with Gasteiger partial charge in [-0.15, -0.1) is 11.6 Å². The predicted octanol–water partition coefficient (Wildman–Crippen LogP) is 2.79. The van der Waals surface area contributed by atoms with Gasteiger partial charge in [0, 0.05) is 5.88 Å². The maximum absolute atomic E-state index is 12.2. The SMILES string of the molecule is CCCOC(=O)[C@H](CCCCCCl)NC(=O)C(F)(F)F. The third kappa shape index (κ3) is 8.24. The van der Waals surface area contributed by atoms with E-state index in [2.05, 4.69) is 0 Å². The summed E-state index contributed by atoms with van der Waals surface area (Å²) in [6.07, 6.45) is -2.51. The van der Waals surface area contributed by atoms with Crippen molar-refractivity contribution in [2.45, 2.75) is 51.2 Å². The van der Waals surface area contributed by atoms with Crippen molar-refractivity contribution >= 4 is 23.5 Å². The normalized spacial score (nSPS) is 12.8. The van der Waals surface area contributed by atoms with Crippen LogP contribution in [0.3, 0.4) is 0 Å². The molecule has 0 spiro atoms. The molecule has 1 amide bonds. The summed E-state index contributed by atoms with van der Waals surface area (Å²) in [4.78, 5) is 22.5. The monoisotopic (exact) mass is 317 g/mol. The second kappa shape index (κ2) is 9.85. The molecule has 0 bridgehead atoms. The summed E-state index contributed by atoms with van der Waals surface area (Å²) in [5.41, 5.74) is 0. The number of hydrogen-bond acceptors (Lipinski definition) is 3. The summed E-state index contributed by atoms with van der Waals surface area (Å²) in [6, 6.07) is -1.27. The number of rotatable bonds is 9. The topological polar surface area (TPSA) is 55.4 Å².